The zero-order valence-corrected chi connectivity index (χ0v) is 22.3. The monoisotopic (exact) mass is 484 g/mol. The standard InChI is InChI=1S/C28H40O5Si/c1-21(17-18-27(31)32-6)26(30)20-23(29)19-22(2)33-34(28(3,4)5,24-13-9-7-10-14-24)25-15-11-8-12-16-25/h7-18,21-23,26,29-30H,19-20H2,1-6H3/b18-17+/t21-,22-,23+,26+/m1/s1. The highest BCUT2D eigenvalue weighted by Gasteiger charge is 2.51. The Morgan fingerprint density at radius 3 is 1.88 bits per heavy atom. The predicted molar refractivity (Wildman–Crippen MR) is 140 cm³/mol. The van der Waals surface area contributed by atoms with Crippen molar-refractivity contribution < 1.29 is 24.2 Å². The van der Waals surface area contributed by atoms with Crippen molar-refractivity contribution in [2.45, 2.75) is 70.8 Å². The Hall–Kier alpha value is -2.25. The number of carbonyl (C=O) groups is 1. The van der Waals surface area contributed by atoms with Crippen LogP contribution in [0, 0.1) is 5.92 Å². The van der Waals surface area contributed by atoms with Crippen LogP contribution in [0.4, 0.5) is 0 Å². The van der Waals surface area contributed by atoms with Crippen LogP contribution >= 0.6 is 0 Å². The Labute approximate surface area is 205 Å². The molecule has 0 radical (unpaired) electrons. The SMILES string of the molecule is COC(=O)/C=C/[C@@H](C)[C@@H](O)C[C@@H](O)C[C@@H](C)O[Si](c1ccccc1)(c1ccccc1)C(C)(C)C. The molecule has 0 fully saturated rings. The molecule has 5 nitrogen and oxygen atoms in total. The second kappa shape index (κ2) is 12.5. The summed E-state index contributed by atoms with van der Waals surface area (Å²) in [6.45, 7) is 10.5. The maximum atomic E-state index is 11.3. The van der Waals surface area contributed by atoms with Crippen molar-refractivity contribution >= 4 is 24.7 Å². The van der Waals surface area contributed by atoms with Gasteiger partial charge in [0.05, 0.1) is 19.3 Å². The molecule has 4 atom stereocenters. The van der Waals surface area contributed by atoms with E-state index in [0.29, 0.717) is 6.42 Å². The van der Waals surface area contributed by atoms with Crippen molar-refractivity contribution in [1.29, 1.82) is 0 Å². The molecule has 34 heavy (non-hydrogen) atoms. The lowest BCUT2D eigenvalue weighted by atomic mass is 9.96. The minimum atomic E-state index is -2.71. The zero-order chi connectivity index (χ0) is 25.4. The van der Waals surface area contributed by atoms with Gasteiger partial charge in [0.25, 0.3) is 8.32 Å². The molecule has 0 aliphatic heterocycles. The van der Waals surface area contributed by atoms with E-state index in [1.54, 1.807) is 13.0 Å². The quantitative estimate of drug-likeness (QED) is 0.288. The van der Waals surface area contributed by atoms with Crippen LogP contribution in [0.1, 0.15) is 47.5 Å². The molecule has 0 amide bonds. The number of aliphatic hydroxyl groups is 2. The summed E-state index contributed by atoms with van der Waals surface area (Å²) in [5.41, 5.74) is 0. The molecule has 2 rings (SSSR count). The molecule has 0 bridgehead atoms. The third-order valence-electron chi connectivity index (χ3n) is 6.26. The van der Waals surface area contributed by atoms with Gasteiger partial charge in [-0.05, 0) is 35.2 Å². The first-order valence-electron chi connectivity index (χ1n) is 11.9. The summed E-state index contributed by atoms with van der Waals surface area (Å²) in [6, 6.07) is 20.8. The second-order valence-corrected chi connectivity index (χ2v) is 14.3. The number of esters is 1. The molecule has 0 saturated heterocycles. The number of methoxy groups -OCH3 is 1. The summed E-state index contributed by atoms with van der Waals surface area (Å²) < 4.78 is 11.6. The van der Waals surface area contributed by atoms with Crippen LogP contribution < -0.4 is 10.4 Å². The summed E-state index contributed by atoms with van der Waals surface area (Å²) in [6.07, 6.45) is 1.75. The highest BCUT2D eigenvalue weighted by atomic mass is 28.4. The smallest absolute Gasteiger partial charge is 0.330 e. The molecule has 0 aliphatic rings. The Morgan fingerprint density at radius 1 is 0.941 bits per heavy atom. The highest BCUT2D eigenvalue weighted by molar-refractivity contribution is 6.99. The van der Waals surface area contributed by atoms with Gasteiger partial charge in [0, 0.05) is 18.1 Å². The molecule has 2 aromatic rings. The van der Waals surface area contributed by atoms with E-state index in [2.05, 4.69) is 49.8 Å². The van der Waals surface area contributed by atoms with Gasteiger partial charge in [0.1, 0.15) is 0 Å². The molecule has 186 valence electrons. The van der Waals surface area contributed by atoms with E-state index >= 15 is 0 Å². The Bertz CT molecular complexity index is 868. The topological polar surface area (TPSA) is 76.0 Å². The number of hydrogen-bond acceptors (Lipinski definition) is 5. The minimum Gasteiger partial charge on any atom is -0.466 e. The highest BCUT2D eigenvalue weighted by Crippen LogP contribution is 2.38. The number of hydrogen-bond donors (Lipinski definition) is 2. The van der Waals surface area contributed by atoms with Crippen LogP contribution in [0.5, 0.6) is 0 Å². The van der Waals surface area contributed by atoms with Gasteiger partial charge in [-0.1, -0.05) is 94.4 Å². The number of carbonyl (C=O) groups excluding carboxylic acids is 1. The third kappa shape index (κ3) is 7.12. The van der Waals surface area contributed by atoms with Crippen molar-refractivity contribution in [3.63, 3.8) is 0 Å². The first-order valence-corrected chi connectivity index (χ1v) is 13.8. The molecule has 0 spiro atoms. The Kier molecular flexibility index (Phi) is 10.2. The molecule has 6 heteroatoms. The first kappa shape index (κ1) is 28.0. The fourth-order valence-corrected chi connectivity index (χ4v) is 9.16. The van der Waals surface area contributed by atoms with E-state index in [-0.39, 0.29) is 23.5 Å². The molecular formula is C28H40O5Si. The lowest BCUT2D eigenvalue weighted by Crippen LogP contribution is -2.67. The maximum Gasteiger partial charge on any atom is 0.330 e. The van der Waals surface area contributed by atoms with Gasteiger partial charge in [0.2, 0.25) is 0 Å². The van der Waals surface area contributed by atoms with E-state index < -0.39 is 26.5 Å². The Balaban J connectivity index is 2.22. The molecule has 0 unspecified atom stereocenters. The van der Waals surface area contributed by atoms with Crippen LogP contribution in [0.2, 0.25) is 5.04 Å². The normalized spacial score (nSPS) is 16.1. The fourth-order valence-electron chi connectivity index (χ4n) is 4.44. The summed E-state index contributed by atoms with van der Waals surface area (Å²) >= 11 is 0. The molecule has 2 aromatic carbocycles. The van der Waals surface area contributed by atoms with E-state index in [1.807, 2.05) is 43.3 Å². The second-order valence-electron chi connectivity index (χ2n) is 10.0. The van der Waals surface area contributed by atoms with Gasteiger partial charge in [0.15, 0.2) is 0 Å². The van der Waals surface area contributed by atoms with Gasteiger partial charge in [-0.2, -0.15) is 0 Å². The van der Waals surface area contributed by atoms with E-state index in [4.69, 9.17) is 4.43 Å². The van der Waals surface area contributed by atoms with E-state index in [0.717, 1.165) is 0 Å². The number of aliphatic hydroxyl groups excluding tert-OH is 2. The van der Waals surface area contributed by atoms with Gasteiger partial charge < -0.3 is 19.4 Å². The lowest BCUT2D eigenvalue weighted by molar-refractivity contribution is -0.134. The summed E-state index contributed by atoms with van der Waals surface area (Å²) in [5.74, 6) is -0.756. The summed E-state index contributed by atoms with van der Waals surface area (Å²) in [4.78, 5) is 11.3. The summed E-state index contributed by atoms with van der Waals surface area (Å²) in [5, 5.41) is 23.5. The maximum absolute atomic E-state index is 11.3. The third-order valence-corrected chi connectivity index (χ3v) is 11.4. The molecule has 0 heterocycles. The van der Waals surface area contributed by atoms with Crippen LogP contribution in [0.3, 0.4) is 0 Å². The molecule has 2 N–H and O–H groups in total. The number of benzene rings is 2. The minimum absolute atomic E-state index is 0.151. The number of rotatable bonds is 11. The van der Waals surface area contributed by atoms with E-state index in [1.165, 1.54) is 23.6 Å². The molecule has 0 aliphatic carbocycles. The Morgan fingerprint density at radius 2 is 1.44 bits per heavy atom. The van der Waals surface area contributed by atoms with Crippen molar-refractivity contribution in [3.05, 3.63) is 72.8 Å². The van der Waals surface area contributed by atoms with Gasteiger partial charge in [-0.25, -0.2) is 4.79 Å². The molecular weight excluding hydrogens is 444 g/mol. The van der Waals surface area contributed by atoms with Crippen LogP contribution in [-0.2, 0) is 14.0 Å². The molecule has 0 aromatic heterocycles. The van der Waals surface area contributed by atoms with Gasteiger partial charge in [-0.3, -0.25) is 0 Å². The predicted octanol–water partition coefficient (Wildman–Crippen LogP) is 3.82. The fraction of sp³-hybridized carbons (Fsp3) is 0.464. The van der Waals surface area contributed by atoms with Crippen molar-refractivity contribution in [2.75, 3.05) is 7.11 Å². The van der Waals surface area contributed by atoms with Crippen molar-refractivity contribution in [3.8, 4) is 0 Å². The van der Waals surface area contributed by atoms with Crippen molar-refractivity contribution in [1.82, 2.24) is 0 Å². The van der Waals surface area contributed by atoms with E-state index in [9.17, 15) is 15.0 Å². The zero-order valence-electron chi connectivity index (χ0n) is 21.3. The molecule has 0 saturated carbocycles. The van der Waals surface area contributed by atoms with Crippen molar-refractivity contribution in [2.24, 2.45) is 5.92 Å². The summed E-state index contributed by atoms with van der Waals surface area (Å²) in [7, 11) is -1.40. The average Bonchev–Trinajstić information content (AvgIpc) is 2.80. The van der Waals surface area contributed by atoms with Crippen LogP contribution in [0.25, 0.3) is 0 Å². The van der Waals surface area contributed by atoms with Crippen LogP contribution in [-0.4, -0.2) is 49.9 Å². The lowest BCUT2D eigenvalue weighted by Gasteiger charge is -2.45. The number of ether oxygens (including phenoxy) is 1. The average molecular weight is 485 g/mol. The van der Waals surface area contributed by atoms with Crippen LogP contribution in [0.15, 0.2) is 72.8 Å². The largest absolute Gasteiger partial charge is 0.466 e. The van der Waals surface area contributed by atoms with Gasteiger partial charge in [-0.15, -0.1) is 0 Å². The van der Waals surface area contributed by atoms with Gasteiger partial charge >= 0.3 is 5.97 Å². The first-order chi connectivity index (χ1) is 16.0.